The molecule has 0 saturated heterocycles. The maximum atomic E-state index is 13.3. The van der Waals surface area contributed by atoms with Crippen LogP contribution in [-0.4, -0.2) is 13.5 Å². The third-order valence-electron chi connectivity index (χ3n) is 2.52. The summed E-state index contributed by atoms with van der Waals surface area (Å²) >= 11 is 1.15. The van der Waals surface area contributed by atoms with Crippen LogP contribution in [0.3, 0.4) is 0 Å². The topological polar surface area (TPSA) is 66.4 Å². The maximum Gasteiger partial charge on any atom is 0.262 e. The molecule has 0 aliphatic heterocycles. The number of hydrogen-bond donors (Lipinski definition) is 2. The van der Waals surface area contributed by atoms with Gasteiger partial charge >= 0.3 is 0 Å². The van der Waals surface area contributed by atoms with E-state index in [9.17, 15) is 12.8 Å². The maximum absolute atomic E-state index is 13.3. The van der Waals surface area contributed by atoms with Crippen molar-refractivity contribution in [3.05, 3.63) is 45.9 Å². The molecular weight excluding hydrogens is 289 g/mol. The van der Waals surface area contributed by atoms with Crippen molar-refractivity contribution in [2.75, 3.05) is 4.72 Å². The molecule has 0 saturated carbocycles. The van der Waals surface area contributed by atoms with Crippen molar-refractivity contribution in [1.29, 1.82) is 0 Å². The van der Waals surface area contributed by atoms with Crippen LogP contribution in [0.1, 0.15) is 10.4 Å². The van der Waals surface area contributed by atoms with Gasteiger partial charge in [-0.05, 0) is 30.7 Å². The summed E-state index contributed by atoms with van der Waals surface area (Å²) in [6.45, 7) is 1.39. The highest BCUT2D eigenvalue weighted by Gasteiger charge is 2.16. The lowest BCUT2D eigenvalue weighted by molar-refractivity contribution is 0.285. The Balaban J connectivity index is 2.28. The van der Waals surface area contributed by atoms with Gasteiger partial charge in [0.25, 0.3) is 10.0 Å². The fourth-order valence-electron chi connectivity index (χ4n) is 1.45. The minimum atomic E-state index is -3.75. The first-order valence-electron chi connectivity index (χ1n) is 5.39. The van der Waals surface area contributed by atoms with Gasteiger partial charge in [0.05, 0.1) is 17.2 Å². The Hall–Kier alpha value is -1.44. The number of sulfonamides is 1. The molecule has 2 aromatic rings. The molecule has 102 valence electrons. The Morgan fingerprint density at radius 2 is 2.11 bits per heavy atom. The third-order valence-corrected chi connectivity index (χ3v) is 4.95. The zero-order valence-electron chi connectivity index (χ0n) is 10.1. The molecule has 0 radical (unpaired) electrons. The number of rotatable bonds is 4. The van der Waals surface area contributed by atoms with Gasteiger partial charge in [-0.3, -0.25) is 4.72 Å². The molecule has 0 atom stereocenters. The summed E-state index contributed by atoms with van der Waals surface area (Å²) < 4.78 is 39.7. The molecule has 0 aliphatic carbocycles. The average Bonchev–Trinajstić information content (AvgIpc) is 2.83. The standard InChI is InChI=1S/C12H12FNO3S2/c1-8-2-3-9(4-12(8)13)14-19(16,17)11-5-10(6-15)18-7-11/h2-5,7,14-15H,6H2,1H3. The van der Waals surface area contributed by atoms with Gasteiger partial charge in [0.2, 0.25) is 0 Å². The van der Waals surface area contributed by atoms with Gasteiger partial charge < -0.3 is 5.11 Å². The summed E-state index contributed by atoms with van der Waals surface area (Å²) in [6.07, 6.45) is 0. The molecule has 1 aromatic carbocycles. The van der Waals surface area contributed by atoms with Gasteiger partial charge in [0.15, 0.2) is 0 Å². The molecule has 2 rings (SSSR count). The van der Waals surface area contributed by atoms with Gasteiger partial charge in [-0.2, -0.15) is 0 Å². The average molecular weight is 301 g/mol. The molecule has 2 N–H and O–H groups in total. The molecular formula is C12H12FNO3S2. The lowest BCUT2D eigenvalue weighted by Crippen LogP contribution is -2.12. The van der Waals surface area contributed by atoms with Crippen LogP contribution in [0.4, 0.5) is 10.1 Å². The molecule has 0 aliphatic rings. The van der Waals surface area contributed by atoms with Crippen LogP contribution in [0.25, 0.3) is 0 Å². The van der Waals surface area contributed by atoms with Gasteiger partial charge in [-0.25, -0.2) is 12.8 Å². The van der Waals surface area contributed by atoms with E-state index in [1.807, 2.05) is 0 Å². The van der Waals surface area contributed by atoms with Crippen molar-refractivity contribution in [2.24, 2.45) is 0 Å². The molecule has 0 unspecified atom stereocenters. The van der Waals surface area contributed by atoms with Gasteiger partial charge in [0.1, 0.15) is 5.82 Å². The van der Waals surface area contributed by atoms with Gasteiger partial charge in [-0.15, -0.1) is 11.3 Å². The number of aliphatic hydroxyl groups excluding tert-OH is 1. The fourth-order valence-corrected chi connectivity index (χ4v) is 3.64. The van der Waals surface area contributed by atoms with E-state index in [4.69, 9.17) is 5.11 Å². The van der Waals surface area contributed by atoms with E-state index in [0.717, 1.165) is 17.4 Å². The first-order valence-corrected chi connectivity index (χ1v) is 7.76. The molecule has 4 nitrogen and oxygen atoms in total. The predicted molar refractivity (Wildman–Crippen MR) is 72.2 cm³/mol. The number of hydrogen-bond acceptors (Lipinski definition) is 4. The van der Waals surface area contributed by atoms with Crippen molar-refractivity contribution in [1.82, 2.24) is 0 Å². The van der Waals surface area contributed by atoms with Crippen LogP contribution < -0.4 is 4.72 Å². The second-order valence-electron chi connectivity index (χ2n) is 3.98. The van der Waals surface area contributed by atoms with Crippen LogP contribution >= 0.6 is 11.3 Å². The third kappa shape index (κ3) is 3.12. The Kier molecular flexibility index (Phi) is 3.88. The first-order chi connectivity index (χ1) is 8.92. The Morgan fingerprint density at radius 3 is 2.68 bits per heavy atom. The number of halogens is 1. The Bertz CT molecular complexity index is 695. The van der Waals surface area contributed by atoms with Crippen LogP contribution in [-0.2, 0) is 16.6 Å². The fraction of sp³-hybridized carbons (Fsp3) is 0.167. The lowest BCUT2D eigenvalue weighted by Gasteiger charge is -2.07. The summed E-state index contributed by atoms with van der Waals surface area (Å²) in [6, 6.07) is 5.51. The van der Waals surface area contributed by atoms with Crippen LogP contribution in [0, 0.1) is 12.7 Å². The highest BCUT2D eigenvalue weighted by atomic mass is 32.2. The summed E-state index contributed by atoms with van der Waals surface area (Å²) in [5, 5.41) is 10.3. The number of anilines is 1. The van der Waals surface area contributed by atoms with Crippen molar-refractivity contribution < 1.29 is 17.9 Å². The zero-order valence-corrected chi connectivity index (χ0v) is 11.7. The summed E-state index contributed by atoms with van der Waals surface area (Å²) in [5.74, 6) is -0.471. The molecule has 1 aromatic heterocycles. The second-order valence-corrected chi connectivity index (χ2v) is 6.65. The SMILES string of the molecule is Cc1ccc(NS(=O)(=O)c2csc(CO)c2)cc1F. The highest BCUT2D eigenvalue weighted by molar-refractivity contribution is 7.92. The molecule has 0 spiro atoms. The van der Waals surface area contributed by atoms with E-state index < -0.39 is 15.8 Å². The monoisotopic (exact) mass is 301 g/mol. The quantitative estimate of drug-likeness (QED) is 0.912. The van der Waals surface area contributed by atoms with Crippen molar-refractivity contribution in [2.45, 2.75) is 18.4 Å². The minimum Gasteiger partial charge on any atom is -0.391 e. The van der Waals surface area contributed by atoms with E-state index >= 15 is 0 Å². The predicted octanol–water partition coefficient (Wildman–Crippen LogP) is 2.49. The van der Waals surface area contributed by atoms with Crippen molar-refractivity contribution in [3.8, 4) is 0 Å². The van der Waals surface area contributed by atoms with E-state index in [1.54, 1.807) is 6.92 Å². The number of aliphatic hydroxyl groups is 1. The largest absolute Gasteiger partial charge is 0.391 e. The number of nitrogens with one attached hydrogen (secondary N) is 1. The molecule has 7 heteroatoms. The zero-order chi connectivity index (χ0) is 14.0. The van der Waals surface area contributed by atoms with E-state index in [-0.39, 0.29) is 17.2 Å². The molecule has 0 bridgehead atoms. The van der Waals surface area contributed by atoms with Crippen molar-refractivity contribution in [3.63, 3.8) is 0 Å². The lowest BCUT2D eigenvalue weighted by atomic mass is 10.2. The highest BCUT2D eigenvalue weighted by Crippen LogP contribution is 2.22. The van der Waals surface area contributed by atoms with Crippen LogP contribution in [0.2, 0.25) is 0 Å². The van der Waals surface area contributed by atoms with Crippen LogP contribution in [0.5, 0.6) is 0 Å². The molecule has 19 heavy (non-hydrogen) atoms. The number of benzene rings is 1. The van der Waals surface area contributed by atoms with Crippen molar-refractivity contribution >= 4 is 27.0 Å². The smallest absolute Gasteiger partial charge is 0.262 e. The molecule has 0 fully saturated rings. The summed E-state index contributed by atoms with van der Waals surface area (Å²) in [4.78, 5) is 0.609. The number of aryl methyl sites for hydroxylation is 1. The van der Waals surface area contributed by atoms with Gasteiger partial charge in [0, 0.05) is 10.3 Å². The Morgan fingerprint density at radius 1 is 1.37 bits per heavy atom. The van der Waals surface area contributed by atoms with E-state index in [1.165, 1.54) is 23.6 Å². The van der Waals surface area contributed by atoms with Gasteiger partial charge in [-0.1, -0.05) is 6.07 Å². The minimum absolute atomic E-state index is 0.0579. The first kappa shape index (κ1) is 14.0. The molecule has 1 heterocycles. The normalized spacial score (nSPS) is 11.5. The summed E-state index contributed by atoms with van der Waals surface area (Å²) in [7, 11) is -3.75. The second kappa shape index (κ2) is 5.28. The number of thiophene rings is 1. The molecule has 0 amide bonds. The van der Waals surface area contributed by atoms with Crippen LogP contribution in [0.15, 0.2) is 34.5 Å². The summed E-state index contributed by atoms with van der Waals surface area (Å²) in [5.41, 5.74) is 0.612. The van der Waals surface area contributed by atoms with E-state index in [0.29, 0.717) is 10.4 Å². The van der Waals surface area contributed by atoms with E-state index in [2.05, 4.69) is 4.72 Å². The Labute approximate surface area is 114 Å².